The normalized spacial score (nSPS) is 10.2. The summed E-state index contributed by atoms with van der Waals surface area (Å²) in [4.78, 5) is 11.5. The second-order valence-corrected chi connectivity index (χ2v) is 5.79. The van der Waals surface area contributed by atoms with Crippen LogP contribution in [-0.4, -0.2) is 23.1 Å². The fourth-order valence-electron chi connectivity index (χ4n) is 2.71. The Morgan fingerprint density at radius 2 is 1.65 bits per heavy atom. The Balaban J connectivity index is 2.00. The van der Waals surface area contributed by atoms with Gasteiger partial charge in [-0.3, -0.25) is 0 Å². The predicted molar refractivity (Wildman–Crippen MR) is 105 cm³/mol. The summed E-state index contributed by atoms with van der Waals surface area (Å²) < 4.78 is 0. The summed E-state index contributed by atoms with van der Waals surface area (Å²) in [6.45, 7) is 5.97. The molecule has 3 aromatic rings. The van der Waals surface area contributed by atoms with E-state index in [1.54, 1.807) is 12.1 Å². The van der Waals surface area contributed by atoms with Crippen LogP contribution in [0.4, 0.5) is 17.5 Å². The number of benzene rings is 2. The van der Waals surface area contributed by atoms with E-state index in [0.717, 1.165) is 35.9 Å². The molecule has 0 amide bonds. The van der Waals surface area contributed by atoms with E-state index in [1.807, 2.05) is 48.5 Å². The SMILES string of the molecule is CCN(CC)c1cc(-c2ccccc2)nc(Nc2ccc(C#N)cc2)n1. The zero-order valence-electron chi connectivity index (χ0n) is 15.0. The molecule has 0 saturated carbocycles. The molecular formula is C21H21N5. The van der Waals surface area contributed by atoms with Gasteiger partial charge in [-0.05, 0) is 38.1 Å². The number of rotatable bonds is 6. The molecule has 0 aliphatic heterocycles. The number of aromatic nitrogens is 2. The van der Waals surface area contributed by atoms with Gasteiger partial charge in [0.2, 0.25) is 5.95 Å². The minimum absolute atomic E-state index is 0.540. The Morgan fingerprint density at radius 1 is 0.962 bits per heavy atom. The third-order valence-corrected chi connectivity index (χ3v) is 4.14. The summed E-state index contributed by atoms with van der Waals surface area (Å²) in [6.07, 6.45) is 0. The molecule has 0 aliphatic carbocycles. The van der Waals surface area contributed by atoms with Gasteiger partial charge in [0.25, 0.3) is 0 Å². The summed E-state index contributed by atoms with van der Waals surface area (Å²) in [6, 6.07) is 21.5. The summed E-state index contributed by atoms with van der Waals surface area (Å²) in [5, 5.41) is 12.2. The van der Waals surface area contributed by atoms with Crippen LogP contribution < -0.4 is 10.2 Å². The highest BCUT2D eigenvalue weighted by molar-refractivity contribution is 5.66. The highest BCUT2D eigenvalue weighted by atomic mass is 15.2. The van der Waals surface area contributed by atoms with Gasteiger partial charge in [0.1, 0.15) is 5.82 Å². The smallest absolute Gasteiger partial charge is 0.229 e. The van der Waals surface area contributed by atoms with Gasteiger partial charge in [0.05, 0.1) is 17.3 Å². The lowest BCUT2D eigenvalue weighted by Gasteiger charge is -2.21. The zero-order chi connectivity index (χ0) is 18.4. The van der Waals surface area contributed by atoms with Gasteiger partial charge in [0.15, 0.2) is 0 Å². The van der Waals surface area contributed by atoms with Crippen molar-refractivity contribution in [2.24, 2.45) is 0 Å². The molecule has 1 N–H and O–H groups in total. The third-order valence-electron chi connectivity index (χ3n) is 4.14. The second-order valence-electron chi connectivity index (χ2n) is 5.79. The van der Waals surface area contributed by atoms with Crippen molar-refractivity contribution in [1.82, 2.24) is 9.97 Å². The van der Waals surface area contributed by atoms with Crippen molar-refractivity contribution in [2.75, 3.05) is 23.3 Å². The molecule has 0 radical (unpaired) electrons. The van der Waals surface area contributed by atoms with Crippen LogP contribution in [-0.2, 0) is 0 Å². The average Bonchev–Trinajstić information content (AvgIpc) is 2.70. The molecule has 0 fully saturated rings. The van der Waals surface area contributed by atoms with Gasteiger partial charge in [-0.15, -0.1) is 0 Å². The molecule has 5 nitrogen and oxygen atoms in total. The van der Waals surface area contributed by atoms with Crippen molar-refractivity contribution in [1.29, 1.82) is 5.26 Å². The Hall–Kier alpha value is -3.39. The van der Waals surface area contributed by atoms with Crippen molar-refractivity contribution in [2.45, 2.75) is 13.8 Å². The van der Waals surface area contributed by atoms with Crippen LogP contribution in [0.1, 0.15) is 19.4 Å². The molecule has 3 rings (SSSR count). The fraction of sp³-hybridized carbons (Fsp3) is 0.190. The number of hydrogen-bond donors (Lipinski definition) is 1. The number of nitrogens with zero attached hydrogens (tertiary/aromatic N) is 4. The van der Waals surface area contributed by atoms with E-state index in [4.69, 9.17) is 5.26 Å². The first kappa shape index (κ1) is 17.4. The van der Waals surface area contributed by atoms with Crippen molar-refractivity contribution in [3.63, 3.8) is 0 Å². The Kier molecular flexibility index (Phi) is 5.45. The standard InChI is InChI=1S/C21H21N5/c1-3-26(4-2)20-14-19(17-8-6-5-7-9-17)24-21(25-20)23-18-12-10-16(15-22)11-13-18/h5-14H,3-4H2,1-2H3,(H,23,24,25). The Labute approximate surface area is 154 Å². The number of hydrogen-bond acceptors (Lipinski definition) is 5. The third kappa shape index (κ3) is 3.98. The number of nitriles is 1. The van der Waals surface area contributed by atoms with Gasteiger partial charge < -0.3 is 10.2 Å². The maximum atomic E-state index is 8.93. The largest absolute Gasteiger partial charge is 0.357 e. The summed E-state index contributed by atoms with van der Waals surface area (Å²) in [7, 11) is 0. The van der Waals surface area contributed by atoms with Gasteiger partial charge in [-0.1, -0.05) is 30.3 Å². The molecule has 0 spiro atoms. The minimum Gasteiger partial charge on any atom is -0.357 e. The molecular weight excluding hydrogens is 322 g/mol. The lowest BCUT2D eigenvalue weighted by Crippen LogP contribution is -2.23. The van der Waals surface area contributed by atoms with Crippen molar-refractivity contribution in [3.8, 4) is 17.3 Å². The van der Waals surface area contributed by atoms with Crippen LogP contribution in [0.25, 0.3) is 11.3 Å². The molecule has 2 aromatic carbocycles. The van der Waals surface area contributed by atoms with Crippen LogP contribution in [0.3, 0.4) is 0 Å². The molecule has 0 bridgehead atoms. The van der Waals surface area contributed by atoms with Crippen molar-refractivity contribution in [3.05, 3.63) is 66.2 Å². The molecule has 1 heterocycles. The van der Waals surface area contributed by atoms with Crippen LogP contribution in [0.2, 0.25) is 0 Å². The first-order chi connectivity index (χ1) is 12.7. The molecule has 26 heavy (non-hydrogen) atoms. The van der Waals surface area contributed by atoms with Crippen molar-refractivity contribution >= 4 is 17.5 Å². The lowest BCUT2D eigenvalue weighted by molar-refractivity contribution is 0.843. The topological polar surface area (TPSA) is 64.8 Å². The maximum absolute atomic E-state index is 8.93. The predicted octanol–water partition coefficient (Wildman–Crippen LogP) is 4.61. The molecule has 0 aliphatic rings. The summed E-state index contributed by atoms with van der Waals surface area (Å²) in [5.74, 6) is 1.43. The summed E-state index contributed by atoms with van der Waals surface area (Å²) in [5.41, 5.74) is 3.39. The number of anilines is 3. The van der Waals surface area contributed by atoms with Crippen LogP contribution in [0.15, 0.2) is 60.7 Å². The second kappa shape index (κ2) is 8.13. The monoisotopic (exact) mass is 343 g/mol. The maximum Gasteiger partial charge on any atom is 0.229 e. The minimum atomic E-state index is 0.540. The highest BCUT2D eigenvalue weighted by Gasteiger charge is 2.11. The van der Waals surface area contributed by atoms with Gasteiger partial charge in [-0.2, -0.15) is 10.2 Å². The molecule has 5 heteroatoms. The van der Waals surface area contributed by atoms with E-state index in [9.17, 15) is 0 Å². The lowest BCUT2D eigenvalue weighted by atomic mass is 10.1. The number of nitrogens with one attached hydrogen (secondary N) is 1. The quantitative estimate of drug-likeness (QED) is 0.708. The van der Waals surface area contributed by atoms with E-state index in [-0.39, 0.29) is 0 Å². The zero-order valence-corrected chi connectivity index (χ0v) is 15.0. The molecule has 0 unspecified atom stereocenters. The Bertz CT molecular complexity index is 894. The van der Waals surface area contributed by atoms with Gasteiger partial charge >= 0.3 is 0 Å². The van der Waals surface area contributed by atoms with Gasteiger partial charge in [0, 0.05) is 30.4 Å². The average molecular weight is 343 g/mol. The van der Waals surface area contributed by atoms with E-state index < -0.39 is 0 Å². The van der Waals surface area contributed by atoms with E-state index >= 15 is 0 Å². The molecule has 1 aromatic heterocycles. The first-order valence-electron chi connectivity index (χ1n) is 8.70. The molecule has 130 valence electrons. The van der Waals surface area contributed by atoms with Crippen LogP contribution in [0, 0.1) is 11.3 Å². The van der Waals surface area contributed by atoms with Gasteiger partial charge in [-0.25, -0.2) is 4.98 Å². The molecule has 0 saturated heterocycles. The molecule has 0 atom stereocenters. The fourth-order valence-corrected chi connectivity index (χ4v) is 2.71. The van der Waals surface area contributed by atoms with E-state index in [2.05, 4.69) is 40.1 Å². The highest BCUT2D eigenvalue weighted by Crippen LogP contribution is 2.25. The van der Waals surface area contributed by atoms with E-state index in [1.165, 1.54) is 0 Å². The Morgan fingerprint density at radius 3 is 2.27 bits per heavy atom. The first-order valence-corrected chi connectivity index (χ1v) is 8.70. The summed E-state index contributed by atoms with van der Waals surface area (Å²) >= 11 is 0. The van der Waals surface area contributed by atoms with Crippen LogP contribution in [0.5, 0.6) is 0 Å². The van der Waals surface area contributed by atoms with E-state index in [0.29, 0.717) is 11.5 Å². The van der Waals surface area contributed by atoms with Crippen LogP contribution >= 0.6 is 0 Å². The van der Waals surface area contributed by atoms with Crippen molar-refractivity contribution < 1.29 is 0 Å².